The zero-order valence-corrected chi connectivity index (χ0v) is 14.2. The first-order valence-corrected chi connectivity index (χ1v) is 8.71. The molecule has 1 aliphatic heterocycles. The van der Waals surface area contributed by atoms with Crippen molar-refractivity contribution in [3.63, 3.8) is 0 Å². The van der Waals surface area contributed by atoms with Crippen LogP contribution in [-0.4, -0.2) is 24.1 Å². The highest BCUT2D eigenvalue weighted by Gasteiger charge is 2.11. The molecule has 1 saturated heterocycles. The molecule has 0 spiro atoms. The highest BCUT2D eigenvalue weighted by atomic mass is 19.1. The number of nitrogens with one attached hydrogen (secondary N) is 2. The van der Waals surface area contributed by atoms with E-state index < -0.39 is 0 Å². The van der Waals surface area contributed by atoms with Crippen LogP contribution in [0.4, 0.5) is 20.7 Å². The van der Waals surface area contributed by atoms with Crippen LogP contribution in [0.1, 0.15) is 31.2 Å². The highest BCUT2D eigenvalue weighted by Crippen LogP contribution is 2.17. The Kier molecular flexibility index (Phi) is 5.82. The van der Waals surface area contributed by atoms with Crippen molar-refractivity contribution in [1.29, 1.82) is 0 Å². The van der Waals surface area contributed by atoms with Crippen molar-refractivity contribution in [2.45, 2.75) is 32.2 Å². The first kappa shape index (κ1) is 17.2. The molecule has 3 rings (SSSR count). The molecule has 2 amide bonds. The van der Waals surface area contributed by atoms with E-state index in [4.69, 9.17) is 0 Å². The van der Waals surface area contributed by atoms with Gasteiger partial charge in [-0.1, -0.05) is 25.0 Å². The number of carbonyl (C=O) groups excluding carboxylic acids is 1. The quantitative estimate of drug-likeness (QED) is 0.885. The van der Waals surface area contributed by atoms with Gasteiger partial charge in [0.15, 0.2) is 0 Å². The molecule has 0 bridgehead atoms. The minimum atomic E-state index is -0.383. The Morgan fingerprint density at radius 2 is 1.92 bits per heavy atom. The third kappa shape index (κ3) is 5.17. The van der Waals surface area contributed by atoms with E-state index in [9.17, 15) is 9.18 Å². The molecule has 0 atom stereocenters. The third-order valence-corrected chi connectivity index (χ3v) is 4.27. The number of urea groups is 1. The Hall–Kier alpha value is -2.63. The maximum absolute atomic E-state index is 13.1. The number of halogens is 1. The molecule has 0 aliphatic carbocycles. The Balaban J connectivity index is 1.50. The number of amides is 2. The van der Waals surface area contributed by atoms with Gasteiger partial charge in [0.05, 0.1) is 0 Å². The Morgan fingerprint density at radius 3 is 2.60 bits per heavy atom. The number of aromatic nitrogens is 1. The lowest BCUT2D eigenvalue weighted by Crippen LogP contribution is -2.28. The molecule has 1 aliphatic rings. The van der Waals surface area contributed by atoms with Crippen molar-refractivity contribution in [2.75, 3.05) is 23.3 Å². The van der Waals surface area contributed by atoms with Gasteiger partial charge in [-0.2, -0.15) is 0 Å². The van der Waals surface area contributed by atoms with Gasteiger partial charge in [-0.25, -0.2) is 14.2 Å². The summed E-state index contributed by atoms with van der Waals surface area (Å²) in [5.41, 5.74) is 1.35. The molecule has 0 radical (unpaired) electrons. The summed E-state index contributed by atoms with van der Waals surface area (Å²) in [4.78, 5) is 18.7. The average Bonchev–Trinajstić information content (AvgIpc) is 2.90. The van der Waals surface area contributed by atoms with E-state index in [0.717, 1.165) is 24.5 Å². The first-order valence-electron chi connectivity index (χ1n) is 8.71. The zero-order chi connectivity index (χ0) is 17.5. The third-order valence-electron chi connectivity index (χ3n) is 4.27. The van der Waals surface area contributed by atoms with Crippen LogP contribution < -0.4 is 15.5 Å². The van der Waals surface area contributed by atoms with Crippen molar-refractivity contribution in [3.8, 4) is 0 Å². The van der Waals surface area contributed by atoms with Gasteiger partial charge in [-0.15, -0.1) is 0 Å². The van der Waals surface area contributed by atoms with E-state index in [0.29, 0.717) is 12.2 Å². The molecule has 0 saturated carbocycles. The molecule has 2 aromatic rings. The lowest BCUT2D eigenvalue weighted by molar-refractivity contribution is 0.251. The summed E-state index contributed by atoms with van der Waals surface area (Å²) in [5, 5.41) is 5.35. The fourth-order valence-electron chi connectivity index (χ4n) is 2.93. The van der Waals surface area contributed by atoms with Crippen LogP contribution in [0.5, 0.6) is 0 Å². The van der Waals surface area contributed by atoms with Gasteiger partial charge in [0.2, 0.25) is 0 Å². The summed E-state index contributed by atoms with van der Waals surface area (Å²) in [6.07, 6.45) is 6.80. The molecule has 1 aromatic heterocycles. The van der Waals surface area contributed by atoms with Crippen molar-refractivity contribution < 1.29 is 9.18 Å². The second-order valence-corrected chi connectivity index (χ2v) is 6.24. The fraction of sp³-hybridized carbons (Fsp3) is 0.368. The predicted molar refractivity (Wildman–Crippen MR) is 97.2 cm³/mol. The second kappa shape index (κ2) is 8.46. The smallest absolute Gasteiger partial charge is 0.319 e. The number of nitrogens with zero attached hydrogens (tertiary/aromatic N) is 2. The molecule has 0 unspecified atom stereocenters. The standard InChI is InChI=1S/C19H23FN4O/c20-16-6-5-7-17(12-16)23-19(25)22-14-15-8-9-18(21-13-15)24-10-3-1-2-4-11-24/h5-9,12-13H,1-4,10-11,14H2,(H2,22,23,25). The van der Waals surface area contributed by atoms with Gasteiger partial charge < -0.3 is 15.5 Å². The normalized spacial score (nSPS) is 14.7. The summed E-state index contributed by atoms with van der Waals surface area (Å²) in [6, 6.07) is 9.42. The van der Waals surface area contributed by atoms with Crippen LogP contribution >= 0.6 is 0 Å². The minimum Gasteiger partial charge on any atom is -0.357 e. The van der Waals surface area contributed by atoms with E-state index in [1.54, 1.807) is 18.3 Å². The zero-order valence-electron chi connectivity index (χ0n) is 14.2. The first-order chi connectivity index (χ1) is 12.2. The number of pyridine rings is 1. The van der Waals surface area contributed by atoms with Gasteiger partial charge >= 0.3 is 6.03 Å². The molecule has 1 aromatic carbocycles. The van der Waals surface area contributed by atoms with Crippen LogP contribution in [0.25, 0.3) is 0 Å². The predicted octanol–water partition coefficient (Wildman–Crippen LogP) is 3.92. The number of hydrogen-bond donors (Lipinski definition) is 2. The van der Waals surface area contributed by atoms with E-state index in [1.807, 2.05) is 12.1 Å². The van der Waals surface area contributed by atoms with Crippen molar-refractivity contribution in [1.82, 2.24) is 10.3 Å². The van der Waals surface area contributed by atoms with Crippen molar-refractivity contribution in [2.24, 2.45) is 0 Å². The number of anilines is 2. The Bertz CT molecular complexity index is 697. The molecular weight excluding hydrogens is 319 g/mol. The van der Waals surface area contributed by atoms with Crippen LogP contribution in [0.15, 0.2) is 42.6 Å². The van der Waals surface area contributed by atoms with E-state index in [1.165, 1.54) is 37.8 Å². The second-order valence-electron chi connectivity index (χ2n) is 6.24. The van der Waals surface area contributed by atoms with E-state index >= 15 is 0 Å². The fourth-order valence-corrected chi connectivity index (χ4v) is 2.93. The lowest BCUT2D eigenvalue weighted by Gasteiger charge is -2.21. The number of benzene rings is 1. The van der Waals surface area contributed by atoms with E-state index in [-0.39, 0.29) is 11.8 Å². The SMILES string of the molecule is O=C(NCc1ccc(N2CCCCCC2)nc1)Nc1cccc(F)c1. The van der Waals surface area contributed by atoms with Crippen LogP contribution in [0.3, 0.4) is 0 Å². The Morgan fingerprint density at radius 1 is 1.12 bits per heavy atom. The molecule has 2 heterocycles. The lowest BCUT2D eigenvalue weighted by atomic mass is 10.2. The van der Waals surface area contributed by atoms with Gasteiger partial charge in [-0.05, 0) is 42.7 Å². The van der Waals surface area contributed by atoms with Crippen LogP contribution in [0, 0.1) is 5.82 Å². The Labute approximate surface area is 147 Å². The molecule has 1 fully saturated rings. The summed E-state index contributed by atoms with van der Waals surface area (Å²) >= 11 is 0. The average molecular weight is 342 g/mol. The maximum atomic E-state index is 13.1. The monoisotopic (exact) mass is 342 g/mol. The number of rotatable bonds is 4. The molecule has 6 heteroatoms. The number of hydrogen-bond acceptors (Lipinski definition) is 3. The topological polar surface area (TPSA) is 57.3 Å². The minimum absolute atomic E-state index is 0.369. The molecule has 132 valence electrons. The highest BCUT2D eigenvalue weighted by molar-refractivity contribution is 5.89. The van der Waals surface area contributed by atoms with Crippen molar-refractivity contribution in [3.05, 3.63) is 54.0 Å². The van der Waals surface area contributed by atoms with Crippen molar-refractivity contribution >= 4 is 17.5 Å². The molecular formula is C19H23FN4O. The number of carbonyl (C=O) groups is 1. The summed E-state index contributed by atoms with van der Waals surface area (Å²) in [6.45, 7) is 2.48. The largest absolute Gasteiger partial charge is 0.357 e. The summed E-state index contributed by atoms with van der Waals surface area (Å²) in [5.74, 6) is 0.612. The van der Waals surface area contributed by atoms with Gasteiger partial charge in [0, 0.05) is 31.5 Å². The van der Waals surface area contributed by atoms with Gasteiger partial charge in [-0.3, -0.25) is 0 Å². The van der Waals surface area contributed by atoms with Gasteiger partial charge in [0.25, 0.3) is 0 Å². The van der Waals surface area contributed by atoms with Gasteiger partial charge in [0.1, 0.15) is 11.6 Å². The summed E-state index contributed by atoms with van der Waals surface area (Å²) < 4.78 is 13.1. The van der Waals surface area contributed by atoms with Crippen LogP contribution in [-0.2, 0) is 6.54 Å². The maximum Gasteiger partial charge on any atom is 0.319 e. The summed E-state index contributed by atoms with van der Waals surface area (Å²) in [7, 11) is 0. The molecule has 2 N–H and O–H groups in total. The van der Waals surface area contributed by atoms with Crippen LogP contribution in [0.2, 0.25) is 0 Å². The molecule has 5 nitrogen and oxygen atoms in total. The molecule has 25 heavy (non-hydrogen) atoms. The van der Waals surface area contributed by atoms with E-state index in [2.05, 4.69) is 20.5 Å².